The van der Waals surface area contributed by atoms with Crippen molar-refractivity contribution in [1.29, 1.82) is 0 Å². The molecule has 9 nitrogen and oxygen atoms in total. The van der Waals surface area contributed by atoms with Crippen molar-refractivity contribution in [3.63, 3.8) is 0 Å². The van der Waals surface area contributed by atoms with Crippen LogP contribution in [-0.2, 0) is 29.7 Å². The number of nitrogens with zero attached hydrogens (tertiary/aromatic N) is 6. The molecule has 28 heavy (non-hydrogen) atoms. The van der Waals surface area contributed by atoms with Crippen LogP contribution in [0.3, 0.4) is 0 Å². The van der Waals surface area contributed by atoms with E-state index in [-0.39, 0.29) is 24.1 Å². The number of amides is 1. The average Bonchev–Trinajstić information content (AvgIpc) is 3.34. The number of rotatable bonds is 6. The van der Waals surface area contributed by atoms with Crippen LogP contribution in [-0.4, -0.2) is 54.4 Å². The lowest BCUT2D eigenvalue weighted by Crippen LogP contribution is -2.40. The molecule has 1 saturated heterocycles. The maximum absolute atomic E-state index is 13.0. The van der Waals surface area contributed by atoms with E-state index in [0.717, 1.165) is 25.1 Å². The predicted octanol–water partition coefficient (Wildman–Crippen LogP) is 0.733. The molecule has 1 amide bonds. The number of hydrogen-bond donors (Lipinski definition) is 0. The van der Waals surface area contributed by atoms with Crippen LogP contribution in [0.2, 0.25) is 0 Å². The van der Waals surface area contributed by atoms with Crippen LogP contribution >= 0.6 is 0 Å². The molecule has 0 spiro atoms. The summed E-state index contributed by atoms with van der Waals surface area (Å²) in [6.45, 7) is 1.48. The number of hydrogen-bond acceptors (Lipinski definition) is 6. The molecule has 1 aliphatic heterocycles. The molecule has 9 heteroatoms. The average molecular weight is 382 g/mol. The van der Waals surface area contributed by atoms with Gasteiger partial charge in [0.15, 0.2) is 5.65 Å². The third-order valence-electron chi connectivity index (χ3n) is 4.90. The lowest BCUT2D eigenvalue weighted by Gasteiger charge is -2.25. The number of fused-ring (bicyclic) bond motifs is 1. The van der Waals surface area contributed by atoms with Crippen molar-refractivity contribution >= 4 is 16.9 Å². The summed E-state index contributed by atoms with van der Waals surface area (Å²) in [5.41, 5.74) is 1.02. The monoisotopic (exact) mass is 382 g/mol. The molecule has 0 aromatic carbocycles. The van der Waals surface area contributed by atoms with Crippen molar-refractivity contribution in [3.05, 3.63) is 53.0 Å². The van der Waals surface area contributed by atoms with Gasteiger partial charge in [-0.25, -0.2) is 4.98 Å². The SMILES string of the molecule is Cn1ncc2c(=O)n(CC(=O)N(Cc3ccccn3)C[C@H]3CCCO3)cnc21. The first-order valence-corrected chi connectivity index (χ1v) is 9.28. The zero-order valence-electron chi connectivity index (χ0n) is 15.7. The molecule has 1 aliphatic rings. The quantitative estimate of drug-likeness (QED) is 0.624. The molecular weight excluding hydrogens is 360 g/mol. The summed E-state index contributed by atoms with van der Waals surface area (Å²) in [7, 11) is 1.72. The minimum absolute atomic E-state index is 0.0170. The van der Waals surface area contributed by atoms with Crippen LogP contribution in [0, 0.1) is 0 Å². The summed E-state index contributed by atoms with van der Waals surface area (Å²) in [5, 5.41) is 4.45. The van der Waals surface area contributed by atoms with Crippen LogP contribution in [0.25, 0.3) is 11.0 Å². The Morgan fingerprint density at radius 3 is 3.00 bits per heavy atom. The lowest BCUT2D eigenvalue weighted by molar-refractivity contribution is -0.134. The van der Waals surface area contributed by atoms with Gasteiger partial charge in [-0.05, 0) is 25.0 Å². The van der Waals surface area contributed by atoms with Gasteiger partial charge in [0, 0.05) is 26.4 Å². The Bertz CT molecular complexity index is 1020. The van der Waals surface area contributed by atoms with Crippen molar-refractivity contribution in [2.24, 2.45) is 7.05 Å². The minimum Gasteiger partial charge on any atom is -0.376 e. The molecule has 0 unspecified atom stereocenters. The molecule has 4 heterocycles. The molecule has 0 saturated carbocycles. The van der Waals surface area contributed by atoms with Crippen molar-refractivity contribution < 1.29 is 9.53 Å². The lowest BCUT2D eigenvalue weighted by atomic mass is 10.2. The highest BCUT2D eigenvalue weighted by Gasteiger charge is 2.24. The van der Waals surface area contributed by atoms with Gasteiger partial charge in [0.05, 0.1) is 24.5 Å². The Labute approximate surface area is 161 Å². The van der Waals surface area contributed by atoms with Crippen LogP contribution in [0.15, 0.2) is 41.7 Å². The van der Waals surface area contributed by atoms with Crippen LogP contribution in [0.1, 0.15) is 18.5 Å². The summed E-state index contributed by atoms with van der Waals surface area (Å²) in [6, 6.07) is 5.61. The Kier molecular flexibility index (Phi) is 5.16. The molecule has 3 aromatic rings. The summed E-state index contributed by atoms with van der Waals surface area (Å²) < 4.78 is 8.56. The second-order valence-electron chi connectivity index (χ2n) is 6.91. The van der Waals surface area contributed by atoms with Crippen molar-refractivity contribution in [2.75, 3.05) is 13.2 Å². The first-order chi connectivity index (χ1) is 13.6. The Balaban J connectivity index is 1.56. The fraction of sp³-hybridized carbons (Fsp3) is 0.421. The van der Waals surface area contributed by atoms with Crippen LogP contribution in [0.4, 0.5) is 0 Å². The summed E-state index contributed by atoms with van der Waals surface area (Å²) in [5.74, 6) is -0.173. The maximum atomic E-state index is 13.0. The number of carbonyl (C=O) groups is 1. The standard InChI is InChI=1S/C19H22N6O3/c1-23-18-16(9-22-23)19(27)25(13-21-18)12-17(26)24(11-15-6-4-8-28-15)10-14-5-2-3-7-20-14/h2-3,5,7,9,13,15H,4,6,8,10-12H2,1H3/t15-/m1/s1. The fourth-order valence-electron chi connectivity index (χ4n) is 3.40. The maximum Gasteiger partial charge on any atom is 0.264 e. The van der Waals surface area contributed by atoms with Gasteiger partial charge in [-0.3, -0.25) is 23.8 Å². The molecule has 1 atom stereocenters. The first-order valence-electron chi connectivity index (χ1n) is 9.28. The van der Waals surface area contributed by atoms with Gasteiger partial charge in [0.25, 0.3) is 5.56 Å². The summed E-state index contributed by atoms with van der Waals surface area (Å²) in [4.78, 5) is 36.0. The van der Waals surface area contributed by atoms with E-state index >= 15 is 0 Å². The van der Waals surface area contributed by atoms with Crippen molar-refractivity contribution in [3.8, 4) is 0 Å². The highest BCUT2D eigenvalue weighted by Crippen LogP contribution is 2.15. The third-order valence-corrected chi connectivity index (χ3v) is 4.90. The zero-order chi connectivity index (χ0) is 19.5. The van der Waals surface area contributed by atoms with E-state index in [9.17, 15) is 9.59 Å². The smallest absolute Gasteiger partial charge is 0.264 e. The van der Waals surface area contributed by atoms with Gasteiger partial charge in [-0.2, -0.15) is 5.10 Å². The van der Waals surface area contributed by atoms with Gasteiger partial charge in [0.2, 0.25) is 5.91 Å². The van der Waals surface area contributed by atoms with E-state index in [4.69, 9.17) is 4.74 Å². The van der Waals surface area contributed by atoms with Crippen molar-refractivity contribution in [2.45, 2.75) is 32.0 Å². The molecule has 146 valence electrons. The number of carbonyl (C=O) groups excluding carboxylic acids is 1. The Hall–Kier alpha value is -3.07. The number of pyridine rings is 1. The van der Waals surface area contributed by atoms with E-state index < -0.39 is 0 Å². The van der Waals surface area contributed by atoms with Crippen LogP contribution in [0.5, 0.6) is 0 Å². The minimum atomic E-state index is -0.277. The van der Waals surface area contributed by atoms with Gasteiger partial charge in [-0.1, -0.05) is 6.07 Å². The number of aryl methyl sites for hydroxylation is 1. The Morgan fingerprint density at radius 1 is 1.36 bits per heavy atom. The molecular formula is C19H22N6O3. The van der Waals surface area contributed by atoms with E-state index in [0.29, 0.717) is 24.1 Å². The van der Waals surface area contributed by atoms with E-state index in [2.05, 4.69) is 15.1 Å². The van der Waals surface area contributed by atoms with Gasteiger partial charge >= 0.3 is 0 Å². The van der Waals surface area contributed by atoms with Gasteiger partial charge < -0.3 is 9.64 Å². The van der Waals surface area contributed by atoms with Crippen LogP contribution < -0.4 is 5.56 Å². The molecule has 1 fully saturated rings. The third kappa shape index (κ3) is 3.79. The topological polar surface area (TPSA) is 95.1 Å². The molecule has 3 aromatic heterocycles. The normalized spacial score (nSPS) is 16.5. The van der Waals surface area contributed by atoms with E-state index in [1.54, 1.807) is 18.1 Å². The summed E-state index contributed by atoms with van der Waals surface area (Å²) in [6.07, 6.45) is 6.52. The fourth-order valence-corrected chi connectivity index (χ4v) is 3.40. The van der Waals surface area contributed by atoms with Gasteiger partial charge in [0.1, 0.15) is 18.3 Å². The number of ether oxygens (including phenoxy) is 1. The molecule has 4 rings (SSSR count). The Morgan fingerprint density at radius 2 is 2.25 bits per heavy atom. The summed E-state index contributed by atoms with van der Waals surface area (Å²) >= 11 is 0. The predicted molar refractivity (Wildman–Crippen MR) is 101 cm³/mol. The second-order valence-corrected chi connectivity index (χ2v) is 6.91. The highest BCUT2D eigenvalue weighted by atomic mass is 16.5. The van der Waals surface area contributed by atoms with E-state index in [1.807, 2.05) is 18.2 Å². The molecule has 0 aliphatic carbocycles. The van der Waals surface area contributed by atoms with Gasteiger partial charge in [-0.15, -0.1) is 0 Å². The highest BCUT2D eigenvalue weighted by molar-refractivity contribution is 5.77. The molecule has 0 bridgehead atoms. The second kappa shape index (κ2) is 7.89. The molecule has 0 radical (unpaired) electrons. The molecule has 0 N–H and O–H groups in total. The largest absolute Gasteiger partial charge is 0.376 e. The van der Waals surface area contributed by atoms with E-state index in [1.165, 1.54) is 21.8 Å². The van der Waals surface area contributed by atoms with Crippen molar-refractivity contribution in [1.82, 2.24) is 29.2 Å². The zero-order valence-corrected chi connectivity index (χ0v) is 15.7. The first kappa shape index (κ1) is 18.3. The number of aromatic nitrogens is 5.